The van der Waals surface area contributed by atoms with Crippen LogP contribution in [0.5, 0.6) is 11.5 Å². The van der Waals surface area contributed by atoms with Crippen molar-refractivity contribution in [1.29, 1.82) is 0 Å². The maximum atomic E-state index is 5.52. The Labute approximate surface area is 155 Å². The zero-order chi connectivity index (χ0) is 15.8. The smallest absolute Gasteiger partial charge is 0.193 e. The van der Waals surface area contributed by atoms with E-state index in [0.717, 1.165) is 24.6 Å². The molecule has 0 radical (unpaired) electrons. The molecule has 1 aromatic carbocycles. The number of methoxy groups -OCH3 is 1. The second-order valence-corrected chi connectivity index (χ2v) is 5.07. The van der Waals surface area contributed by atoms with Gasteiger partial charge in [-0.1, -0.05) is 12.0 Å². The van der Waals surface area contributed by atoms with Crippen LogP contribution in [0.25, 0.3) is 0 Å². The number of aliphatic imine (C=N–C) groups is 1. The van der Waals surface area contributed by atoms with Gasteiger partial charge in [0.15, 0.2) is 17.5 Å². The van der Waals surface area contributed by atoms with Gasteiger partial charge >= 0.3 is 0 Å². The van der Waals surface area contributed by atoms with Crippen molar-refractivity contribution in [3.63, 3.8) is 0 Å². The first-order valence-corrected chi connectivity index (χ1v) is 7.47. The van der Waals surface area contributed by atoms with Crippen LogP contribution in [0.4, 0.5) is 0 Å². The molecule has 0 aromatic heterocycles. The molecule has 1 aliphatic rings. The van der Waals surface area contributed by atoms with Crippen molar-refractivity contribution < 1.29 is 9.47 Å². The van der Waals surface area contributed by atoms with E-state index >= 15 is 0 Å². The van der Waals surface area contributed by atoms with Crippen molar-refractivity contribution in [2.45, 2.75) is 19.4 Å². The Bertz CT molecular complexity index is 563. The van der Waals surface area contributed by atoms with Gasteiger partial charge in [0, 0.05) is 26.7 Å². The van der Waals surface area contributed by atoms with Crippen LogP contribution in [-0.2, 0) is 6.54 Å². The van der Waals surface area contributed by atoms with Gasteiger partial charge in [-0.2, -0.15) is 0 Å². The first-order chi connectivity index (χ1) is 10.8. The number of hydrogen-bond acceptors (Lipinski definition) is 3. The Balaban J connectivity index is 0.00000264. The molecule has 6 heteroatoms. The van der Waals surface area contributed by atoms with E-state index in [2.05, 4.69) is 21.1 Å². The van der Waals surface area contributed by atoms with Crippen molar-refractivity contribution in [3.05, 3.63) is 23.8 Å². The zero-order valence-corrected chi connectivity index (χ0v) is 16.0. The van der Waals surface area contributed by atoms with Gasteiger partial charge in [-0.05, 0) is 30.5 Å². The molecular formula is C17H24IN3O2. The summed E-state index contributed by atoms with van der Waals surface area (Å²) in [5, 5.41) is 3.39. The first-order valence-electron chi connectivity index (χ1n) is 7.47. The number of halogens is 1. The van der Waals surface area contributed by atoms with Crippen LogP contribution in [0.2, 0.25) is 0 Å². The summed E-state index contributed by atoms with van der Waals surface area (Å²) in [7, 11) is 3.43. The summed E-state index contributed by atoms with van der Waals surface area (Å²) in [6.45, 7) is 3.04. The molecule has 0 spiro atoms. The van der Waals surface area contributed by atoms with Crippen LogP contribution < -0.4 is 14.8 Å². The second-order valence-electron chi connectivity index (χ2n) is 5.07. The number of benzene rings is 1. The fourth-order valence-electron chi connectivity index (χ4n) is 2.51. The van der Waals surface area contributed by atoms with Crippen LogP contribution in [0.15, 0.2) is 23.2 Å². The third-order valence-corrected chi connectivity index (χ3v) is 3.61. The van der Waals surface area contributed by atoms with Crippen molar-refractivity contribution >= 4 is 29.9 Å². The van der Waals surface area contributed by atoms with Crippen LogP contribution in [0.1, 0.15) is 18.4 Å². The van der Waals surface area contributed by atoms with E-state index in [1.807, 2.05) is 25.2 Å². The lowest BCUT2D eigenvalue weighted by molar-refractivity contribution is 0.330. The van der Waals surface area contributed by atoms with Gasteiger partial charge in [0.25, 0.3) is 0 Å². The molecule has 5 nitrogen and oxygen atoms in total. The summed E-state index contributed by atoms with van der Waals surface area (Å²) >= 11 is 0. The van der Waals surface area contributed by atoms with Crippen molar-refractivity contribution in [1.82, 2.24) is 10.2 Å². The molecule has 1 N–H and O–H groups in total. The van der Waals surface area contributed by atoms with Crippen LogP contribution in [-0.4, -0.2) is 44.7 Å². The maximum absolute atomic E-state index is 5.52. The van der Waals surface area contributed by atoms with Crippen molar-refractivity contribution in [2.75, 3.05) is 33.9 Å². The van der Waals surface area contributed by atoms with Gasteiger partial charge in [0.2, 0.25) is 0 Å². The lowest BCUT2D eigenvalue weighted by Gasteiger charge is -2.21. The summed E-state index contributed by atoms with van der Waals surface area (Å²) in [6.07, 6.45) is 7.70. The highest BCUT2D eigenvalue weighted by Crippen LogP contribution is 2.28. The highest BCUT2D eigenvalue weighted by molar-refractivity contribution is 14.0. The molecule has 126 valence electrons. The number of hydrogen-bond donors (Lipinski definition) is 1. The number of nitrogens with zero attached hydrogens (tertiary/aromatic N) is 2. The molecule has 0 unspecified atom stereocenters. The summed E-state index contributed by atoms with van der Waals surface area (Å²) in [5.74, 6) is 4.75. The fourth-order valence-corrected chi connectivity index (χ4v) is 2.51. The third-order valence-electron chi connectivity index (χ3n) is 3.61. The number of rotatable bonds is 5. The lowest BCUT2D eigenvalue weighted by atomic mass is 10.2. The molecule has 1 aromatic rings. The molecule has 2 rings (SSSR count). The van der Waals surface area contributed by atoms with Gasteiger partial charge in [-0.15, -0.1) is 30.4 Å². The Morgan fingerprint density at radius 3 is 2.70 bits per heavy atom. The highest BCUT2D eigenvalue weighted by Gasteiger charge is 2.15. The molecule has 1 fully saturated rings. The molecule has 0 saturated carbocycles. The first kappa shape index (κ1) is 19.4. The van der Waals surface area contributed by atoms with Crippen LogP contribution in [0, 0.1) is 12.3 Å². The topological polar surface area (TPSA) is 46.1 Å². The number of ether oxygens (including phenoxy) is 2. The van der Waals surface area contributed by atoms with E-state index in [0.29, 0.717) is 18.0 Å². The van der Waals surface area contributed by atoms with Gasteiger partial charge in [0.1, 0.15) is 6.61 Å². The number of likely N-dealkylation sites (tertiary alicyclic amines) is 1. The van der Waals surface area contributed by atoms with Gasteiger partial charge in [-0.3, -0.25) is 4.99 Å². The summed E-state index contributed by atoms with van der Waals surface area (Å²) < 4.78 is 10.8. The molecule has 0 amide bonds. The lowest BCUT2D eigenvalue weighted by Crippen LogP contribution is -2.39. The SMILES string of the molecule is C#CCOc1cc(CNC(=NC)N2CCCC2)ccc1OC.I. The Morgan fingerprint density at radius 2 is 2.09 bits per heavy atom. The second kappa shape index (κ2) is 10.2. The van der Waals surface area contributed by atoms with E-state index in [4.69, 9.17) is 15.9 Å². The molecule has 0 bridgehead atoms. The third kappa shape index (κ3) is 5.50. The van der Waals surface area contributed by atoms with Gasteiger partial charge in [0.05, 0.1) is 7.11 Å². The molecule has 1 aliphatic heterocycles. The molecule has 1 heterocycles. The van der Waals surface area contributed by atoms with E-state index in [9.17, 15) is 0 Å². The van der Waals surface area contributed by atoms with E-state index in [1.54, 1.807) is 7.11 Å². The maximum Gasteiger partial charge on any atom is 0.193 e. The number of nitrogens with one attached hydrogen (secondary N) is 1. The minimum atomic E-state index is 0. The Morgan fingerprint density at radius 1 is 1.35 bits per heavy atom. The number of terminal acetylenes is 1. The van der Waals surface area contributed by atoms with Crippen LogP contribution in [0.3, 0.4) is 0 Å². The minimum absolute atomic E-state index is 0. The summed E-state index contributed by atoms with van der Waals surface area (Å²) in [4.78, 5) is 6.62. The zero-order valence-electron chi connectivity index (χ0n) is 13.7. The average Bonchev–Trinajstić information content (AvgIpc) is 3.08. The summed E-state index contributed by atoms with van der Waals surface area (Å²) in [6, 6.07) is 5.84. The fraction of sp³-hybridized carbons (Fsp3) is 0.471. The Kier molecular flexibility index (Phi) is 8.62. The molecule has 1 saturated heterocycles. The van der Waals surface area contributed by atoms with Gasteiger partial charge in [-0.25, -0.2) is 0 Å². The van der Waals surface area contributed by atoms with Crippen LogP contribution >= 0.6 is 24.0 Å². The molecular weight excluding hydrogens is 405 g/mol. The van der Waals surface area contributed by atoms with E-state index in [-0.39, 0.29) is 30.6 Å². The quantitative estimate of drug-likeness (QED) is 0.338. The number of guanidine groups is 1. The van der Waals surface area contributed by atoms with Crippen molar-refractivity contribution in [3.8, 4) is 23.8 Å². The minimum Gasteiger partial charge on any atom is -0.493 e. The monoisotopic (exact) mass is 429 g/mol. The van der Waals surface area contributed by atoms with Crippen molar-refractivity contribution in [2.24, 2.45) is 4.99 Å². The molecule has 0 atom stereocenters. The van der Waals surface area contributed by atoms with E-state index < -0.39 is 0 Å². The predicted octanol–water partition coefficient (Wildman–Crippen LogP) is 2.50. The van der Waals surface area contributed by atoms with Gasteiger partial charge < -0.3 is 19.7 Å². The standard InChI is InChI=1S/C17H23N3O2.HI/c1-4-11-22-16-12-14(7-8-15(16)21-3)13-19-17(18-2)20-9-5-6-10-20;/h1,7-8,12H,5-6,9-11,13H2,2-3H3,(H,18,19);1H. The molecule has 23 heavy (non-hydrogen) atoms. The Hall–Kier alpha value is -1.62. The molecule has 0 aliphatic carbocycles. The summed E-state index contributed by atoms with van der Waals surface area (Å²) in [5.41, 5.74) is 1.09. The predicted molar refractivity (Wildman–Crippen MR) is 104 cm³/mol. The highest BCUT2D eigenvalue weighted by atomic mass is 127. The largest absolute Gasteiger partial charge is 0.493 e. The van der Waals surface area contributed by atoms with E-state index in [1.165, 1.54) is 12.8 Å². The average molecular weight is 429 g/mol. The normalized spacial score (nSPS) is 14.0.